The molecule has 0 saturated heterocycles. The number of carbonyl (C=O) groups excluding carboxylic acids is 2. The molecule has 1 N–H and O–H groups in total. The van der Waals surface area contributed by atoms with E-state index >= 15 is 0 Å². The highest BCUT2D eigenvalue weighted by molar-refractivity contribution is 6.01. The third kappa shape index (κ3) is 4.12. The molecule has 0 atom stereocenters. The van der Waals surface area contributed by atoms with Crippen LogP contribution in [0.25, 0.3) is 0 Å². The topological polar surface area (TPSA) is 52.7 Å². The van der Waals surface area contributed by atoms with Gasteiger partial charge in [-0.15, -0.1) is 0 Å². The van der Waals surface area contributed by atoms with Gasteiger partial charge in [0.15, 0.2) is 0 Å². The van der Waals surface area contributed by atoms with Gasteiger partial charge in [-0.1, -0.05) is 50.2 Å². The molecule has 4 rings (SSSR count). The first-order valence-corrected chi connectivity index (χ1v) is 11.0. The summed E-state index contributed by atoms with van der Waals surface area (Å²) in [6, 6.07) is 16.2. The second-order valence-electron chi connectivity index (χ2n) is 8.41. The predicted molar refractivity (Wildman–Crippen MR) is 119 cm³/mol. The van der Waals surface area contributed by atoms with Crippen LogP contribution in [0.2, 0.25) is 0 Å². The van der Waals surface area contributed by atoms with Gasteiger partial charge >= 0.3 is 0 Å². The van der Waals surface area contributed by atoms with E-state index in [1.165, 1.54) is 5.56 Å². The van der Waals surface area contributed by atoms with Crippen LogP contribution in [-0.2, 0) is 28.0 Å². The molecule has 2 aromatic carbocycles. The number of rotatable bonds is 7. The summed E-state index contributed by atoms with van der Waals surface area (Å²) in [6.45, 7) is 7.77. The number of hydrogen-bond donors (Lipinski definition) is 1. The molecule has 1 saturated carbocycles. The molecule has 1 aliphatic heterocycles. The van der Waals surface area contributed by atoms with Gasteiger partial charge in [-0.2, -0.15) is 0 Å². The number of nitrogens with zero attached hydrogens (tertiary/aromatic N) is 2. The van der Waals surface area contributed by atoms with Crippen LogP contribution in [0, 0.1) is 0 Å². The predicted octanol–water partition coefficient (Wildman–Crippen LogP) is 3.58. The molecule has 2 amide bonds. The summed E-state index contributed by atoms with van der Waals surface area (Å²) < 4.78 is 0. The second-order valence-corrected chi connectivity index (χ2v) is 8.41. The Kier molecular flexibility index (Phi) is 5.91. The average Bonchev–Trinajstić information content (AvgIpc) is 3.59. The lowest BCUT2D eigenvalue weighted by Gasteiger charge is -2.31. The van der Waals surface area contributed by atoms with Crippen LogP contribution in [0.3, 0.4) is 0 Å². The van der Waals surface area contributed by atoms with Gasteiger partial charge in [0.2, 0.25) is 11.8 Å². The monoisotopic (exact) mass is 405 g/mol. The Labute approximate surface area is 179 Å². The maximum atomic E-state index is 13.0. The number of amides is 2. The van der Waals surface area contributed by atoms with Crippen molar-refractivity contribution >= 4 is 17.5 Å². The van der Waals surface area contributed by atoms with Gasteiger partial charge < -0.3 is 10.2 Å². The van der Waals surface area contributed by atoms with Crippen LogP contribution in [-0.4, -0.2) is 47.8 Å². The van der Waals surface area contributed by atoms with E-state index in [0.717, 1.165) is 55.7 Å². The van der Waals surface area contributed by atoms with Crippen molar-refractivity contribution in [3.8, 4) is 0 Å². The molecule has 30 heavy (non-hydrogen) atoms. The molecule has 1 heterocycles. The van der Waals surface area contributed by atoms with Gasteiger partial charge in [0.1, 0.15) is 0 Å². The quantitative estimate of drug-likeness (QED) is 0.766. The molecule has 0 aromatic heterocycles. The maximum absolute atomic E-state index is 13.0. The Balaban J connectivity index is 1.44. The second kappa shape index (κ2) is 8.60. The summed E-state index contributed by atoms with van der Waals surface area (Å²) in [4.78, 5) is 29.8. The van der Waals surface area contributed by atoms with Crippen molar-refractivity contribution in [1.29, 1.82) is 0 Å². The minimum Gasteiger partial charge on any atom is -0.337 e. The summed E-state index contributed by atoms with van der Waals surface area (Å²) in [7, 11) is 0. The van der Waals surface area contributed by atoms with Crippen LogP contribution < -0.4 is 5.32 Å². The summed E-state index contributed by atoms with van der Waals surface area (Å²) in [5.41, 5.74) is 3.93. The number of nitrogens with one attached hydrogen (secondary N) is 1. The zero-order chi connectivity index (χ0) is 21.1. The fraction of sp³-hybridized carbons (Fsp3) is 0.440. The van der Waals surface area contributed by atoms with Crippen molar-refractivity contribution in [1.82, 2.24) is 9.80 Å². The first-order chi connectivity index (χ1) is 14.6. The van der Waals surface area contributed by atoms with E-state index in [2.05, 4.69) is 30.1 Å². The van der Waals surface area contributed by atoms with E-state index in [0.29, 0.717) is 13.1 Å². The number of benzene rings is 2. The summed E-state index contributed by atoms with van der Waals surface area (Å²) in [5.74, 6) is 0.249. The number of carbonyl (C=O) groups is 2. The van der Waals surface area contributed by atoms with Crippen LogP contribution in [0.5, 0.6) is 0 Å². The molecule has 5 heteroatoms. The molecule has 2 aliphatic rings. The van der Waals surface area contributed by atoms with Gasteiger partial charge in [-0.25, -0.2) is 0 Å². The molecule has 5 nitrogen and oxygen atoms in total. The van der Waals surface area contributed by atoms with Gasteiger partial charge in [0.25, 0.3) is 0 Å². The molecular formula is C25H31N3O2. The number of anilines is 1. The third-order valence-corrected chi connectivity index (χ3v) is 6.59. The highest BCUT2D eigenvalue weighted by atomic mass is 16.2. The smallest absolute Gasteiger partial charge is 0.237 e. The molecular weight excluding hydrogens is 374 g/mol. The highest BCUT2D eigenvalue weighted by Crippen LogP contribution is 2.49. The average molecular weight is 406 g/mol. The van der Waals surface area contributed by atoms with Gasteiger partial charge in [0.05, 0.1) is 12.0 Å². The maximum Gasteiger partial charge on any atom is 0.237 e. The lowest BCUT2D eigenvalue weighted by Crippen LogP contribution is -2.42. The molecule has 158 valence electrons. The van der Waals surface area contributed by atoms with E-state index in [4.69, 9.17) is 0 Å². The number of likely N-dealkylation sites (N-methyl/N-ethyl adjacent to an activating group) is 1. The summed E-state index contributed by atoms with van der Waals surface area (Å²) >= 11 is 0. The van der Waals surface area contributed by atoms with E-state index in [9.17, 15) is 9.59 Å². The highest BCUT2D eigenvalue weighted by Gasteiger charge is 2.51. The first kappa shape index (κ1) is 20.6. The molecule has 0 unspecified atom stereocenters. The van der Waals surface area contributed by atoms with E-state index in [1.807, 2.05) is 47.4 Å². The third-order valence-electron chi connectivity index (χ3n) is 6.59. The van der Waals surface area contributed by atoms with E-state index in [1.54, 1.807) is 0 Å². The minimum absolute atomic E-state index is 0.0684. The standard InChI is InChI=1S/C25H31N3O2/c1-3-27(4-2)18-23(29)28-15-12-19-10-11-22(16-20(19)17-28)26-24(30)25(13-14-25)21-8-6-5-7-9-21/h5-11,16H,3-4,12-15,17-18H2,1-2H3,(H,26,30). The summed E-state index contributed by atoms with van der Waals surface area (Å²) in [6.07, 6.45) is 2.64. The zero-order valence-corrected chi connectivity index (χ0v) is 18.0. The normalized spacial score (nSPS) is 16.8. The molecule has 0 bridgehead atoms. The van der Waals surface area contributed by atoms with Crippen LogP contribution in [0.1, 0.15) is 43.4 Å². The number of hydrogen-bond acceptors (Lipinski definition) is 3. The summed E-state index contributed by atoms with van der Waals surface area (Å²) in [5, 5.41) is 3.14. The Morgan fingerprint density at radius 1 is 1.03 bits per heavy atom. The molecule has 0 radical (unpaired) electrons. The van der Waals surface area contributed by atoms with Crippen LogP contribution >= 0.6 is 0 Å². The van der Waals surface area contributed by atoms with Crippen molar-refractivity contribution in [2.45, 2.75) is 45.1 Å². The first-order valence-electron chi connectivity index (χ1n) is 11.0. The number of fused-ring (bicyclic) bond motifs is 1. The zero-order valence-electron chi connectivity index (χ0n) is 18.0. The lowest BCUT2D eigenvalue weighted by molar-refractivity contribution is -0.133. The fourth-order valence-corrected chi connectivity index (χ4v) is 4.37. The Hall–Kier alpha value is -2.66. The molecule has 1 aliphatic carbocycles. The van der Waals surface area contributed by atoms with Crippen LogP contribution in [0.4, 0.5) is 5.69 Å². The fourth-order valence-electron chi connectivity index (χ4n) is 4.37. The Bertz CT molecular complexity index is 917. The van der Waals surface area contributed by atoms with Gasteiger partial charge in [-0.3, -0.25) is 14.5 Å². The Morgan fingerprint density at radius 2 is 1.77 bits per heavy atom. The minimum atomic E-state index is -0.386. The van der Waals surface area contributed by atoms with Crippen LogP contribution in [0.15, 0.2) is 48.5 Å². The van der Waals surface area contributed by atoms with Crippen molar-refractivity contribution in [3.63, 3.8) is 0 Å². The van der Waals surface area contributed by atoms with Crippen molar-refractivity contribution < 1.29 is 9.59 Å². The lowest BCUT2D eigenvalue weighted by atomic mass is 9.94. The molecule has 1 fully saturated rings. The Morgan fingerprint density at radius 3 is 2.43 bits per heavy atom. The molecule has 0 spiro atoms. The van der Waals surface area contributed by atoms with Crippen molar-refractivity contribution in [2.24, 2.45) is 0 Å². The van der Waals surface area contributed by atoms with Crippen molar-refractivity contribution in [2.75, 3.05) is 31.5 Å². The van der Waals surface area contributed by atoms with E-state index < -0.39 is 0 Å². The molecule has 2 aromatic rings. The van der Waals surface area contributed by atoms with Gasteiger partial charge in [-0.05, 0) is 61.2 Å². The SMILES string of the molecule is CCN(CC)CC(=O)N1CCc2ccc(NC(=O)C3(c4ccccc4)CC3)cc2C1. The van der Waals surface area contributed by atoms with E-state index in [-0.39, 0.29) is 17.2 Å². The van der Waals surface area contributed by atoms with Crippen molar-refractivity contribution in [3.05, 3.63) is 65.2 Å². The largest absolute Gasteiger partial charge is 0.337 e. The van der Waals surface area contributed by atoms with Gasteiger partial charge in [0, 0.05) is 18.8 Å².